The molecule has 0 radical (unpaired) electrons. The summed E-state index contributed by atoms with van der Waals surface area (Å²) in [6, 6.07) is 1.02. The van der Waals surface area contributed by atoms with Gasteiger partial charge in [0, 0.05) is 25.2 Å². The summed E-state index contributed by atoms with van der Waals surface area (Å²) >= 11 is 0. The van der Waals surface area contributed by atoms with E-state index in [1.54, 1.807) is 0 Å². The minimum atomic E-state index is 0.275. The lowest BCUT2D eigenvalue weighted by Crippen LogP contribution is -2.49. The molecule has 3 unspecified atom stereocenters. The van der Waals surface area contributed by atoms with Crippen LogP contribution in [0.4, 0.5) is 0 Å². The van der Waals surface area contributed by atoms with Crippen LogP contribution in [0, 0.1) is 5.92 Å². The Kier molecular flexibility index (Phi) is 4.85. The number of aliphatic hydroxyl groups excluding tert-OH is 1. The van der Waals surface area contributed by atoms with Crippen molar-refractivity contribution in [2.45, 2.75) is 38.8 Å². The molecule has 84 valence electrons. The predicted molar refractivity (Wildman–Crippen MR) is 59.4 cm³/mol. The monoisotopic (exact) mass is 200 g/mol. The van der Waals surface area contributed by atoms with Gasteiger partial charge in [-0.2, -0.15) is 0 Å². The van der Waals surface area contributed by atoms with Crippen LogP contribution in [0.2, 0.25) is 0 Å². The number of nitrogens with zero attached hydrogens (tertiary/aromatic N) is 1. The van der Waals surface area contributed by atoms with Gasteiger partial charge in [0.25, 0.3) is 0 Å². The van der Waals surface area contributed by atoms with Crippen LogP contribution >= 0.6 is 0 Å². The molecule has 0 amide bonds. The second kappa shape index (κ2) is 5.69. The Bertz CT molecular complexity index is 163. The van der Waals surface area contributed by atoms with Gasteiger partial charge in [-0.25, -0.2) is 0 Å². The molecule has 0 spiro atoms. The largest absolute Gasteiger partial charge is 0.396 e. The molecule has 0 aromatic carbocycles. The number of aliphatic hydroxyl groups is 1. The van der Waals surface area contributed by atoms with E-state index in [-0.39, 0.29) is 6.61 Å². The molecule has 2 N–H and O–H groups in total. The SMILES string of the molecule is CC(CO)C(C)NC1CCCN(C)C1. The van der Waals surface area contributed by atoms with Crippen molar-refractivity contribution in [3.63, 3.8) is 0 Å². The van der Waals surface area contributed by atoms with Gasteiger partial charge in [0.1, 0.15) is 0 Å². The lowest BCUT2D eigenvalue weighted by Gasteiger charge is -2.33. The van der Waals surface area contributed by atoms with E-state index in [9.17, 15) is 0 Å². The highest BCUT2D eigenvalue weighted by atomic mass is 16.3. The van der Waals surface area contributed by atoms with Crippen molar-refractivity contribution >= 4 is 0 Å². The summed E-state index contributed by atoms with van der Waals surface area (Å²) in [6.45, 7) is 6.89. The standard InChI is InChI=1S/C11H24N2O/c1-9(8-14)10(2)12-11-5-4-6-13(3)7-11/h9-12,14H,4-8H2,1-3H3. The summed E-state index contributed by atoms with van der Waals surface area (Å²) in [4.78, 5) is 2.37. The highest BCUT2D eigenvalue weighted by Gasteiger charge is 2.20. The van der Waals surface area contributed by atoms with Gasteiger partial charge >= 0.3 is 0 Å². The van der Waals surface area contributed by atoms with Crippen molar-refractivity contribution in [3.8, 4) is 0 Å². The van der Waals surface area contributed by atoms with Crippen LogP contribution in [0.15, 0.2) is 0 Å². The van der Waals surface area contributed by atoms with E-state index in [0.717, 1.165) is 6.54 Å². The Balaban J connectivity index is 2.28. The van der Waals surface area contributed by atoms with Gasteiger partial charge in [0.05, 0.1) is 0 Å². The fraction of sp³-hybridized carbons (Fsp3) is 1.00. The van der Waals surface area contributed by atoms with Crippen molar-refractivity contribution in [2.24, 2.45) is 5.92 Å². The van der Waals surface area contributed by atoms with Crippen LogP contribution in [0.3, 0.4) is 0 Å². The fourth-order valence-corrected chi connectivity index (χ4v) is 2.00. The van der Waals surface area contributed by atoms with Crippen molar-refractivity contribution in [3.05, 3.63) is 0 Å². The van der Waals surface area contributed by atoms with E-state index in [1.807, 2.05) is 0 Å². The van der Waals surface area contributed by atoms with Crippen LogP contribution in [0.5, 0.6) is 0 Å². The average molecular weight is 200 g/mol. The second-order valence-electron chi connectivity index (χ2n) is 4.72. The maximum atomic E-state index is 9.04. The van der Waals surface area contributed by atoms with Crippen molar-refractivity contribution in [1.29, 1.82) is 0 Å². The van der Waals surface area contributed by atoms with E-state index >= 15 is 0 Å². The van der Waals surface area contributed by atoms with Crippen LogP contribution in [-0.2, 0) is 0 Å². The first-order valence-corrected chi connectivity index (χ1v) is 5.69. The Labute approximate surface area is 87.5 Å². The van der Waals surface area contributed by atoms with Crippen LogP contribution < -0.4 is 5.32 Å². The first-order valence-electron chi connectivity index (χ1n) is 5.69. The molecule has 14 heavy (non-hydrogen) atoms. The van der Waals surface area contributed by atoms with E-state index in [4.69, 9.17) is 5.11 Å². The first-order chi connectivity index (χ1) is 6.63. The molecule has 0 saturated carbocycles. The Morgan fingerprint density at radius 1 is 1.50 bits per heavy atom. The molecule has 0 aliphatic carbocycles. The third kappa shape index (κ3) is 3.56. The number of hydrogen-bond donors (Lipinski definition) is 2. The van der Waals surface area contributed by atoms with Gasteiger partial charge in [-0.05, 0) is 39.3 Å². The smallest absolute Gasteiger partial charge is 0.0471 e. The molecule has 3 heteroatoms. The van der Waals surface area contributed by atoms with Crippen molar-refractivity contribution in [1.82, 2.24) is 10.2 Å². The topological polar surface area (TPSA) is 35.5 Å². The minimum Gasteiger partial charge on any atom is -0.396 e. The summed E-state index contributed by atoms with van der Waals surface area (Å²) in [7, 11) is 2.17. The van der Waals surface area contributed by atoms with E-state index in [1.165, 1.54) is 19.4 Å². The lowest BCUT2D eigenvalue weighted by atomic mass is 10.0. The van der Waals surface area contributed by atoms with Gasteiger partial charge in [-0.15, -0.1) is 0 Å². The van der Waals surface area contributed by atoms with Gasteiger partial charge in [0.2, 0.25) is 0 Å². The predicted octanol–water partition coefficient (Wildman–Crippen LogP) is 0.687. The highest BCUT2D eigenvalue weighted by molar-refractivity contribution is 4.80. The molecule has 0 aromatic heterocycles. The second-order valence-corrected chi connectivity index (χ2v) is 4.72. The van der Waals surface area contributed by atoms with Crippen LogP contribution in [0.1, 0.15) is 26.7 Å². The molecular weight excluding hydrogens is 176 g/mol. The molecule has 3 nitrogen and oxygen atoms in total. The summed E-state index contributed by atoms with van der Waals surface area (Å²) in [5.41, 5.74) is 0. The van der Waals surface area contributed by atoms with Gasteiger partial charge in [0.15, 0.2) is 0 Å². The zero-order valence-electron chi connectivity index (χ0n) is 9.66. The zero-order chi connectivity index (χ0) is 10.6. The molecule has 3 atom stereocenters. The van der Waals surface area contributed by atoms with Crippen molar-refractivity contribution in [2.75, 3.05) is 26.7 Å². The molecule has 0 aromatic rings. The molecule has 1 saturated heterocycles. The third-order valence-electron chi connectivity index (χ3n) is 3.26. The zero-order valence-corrected chi connectivity index (χ0v) is 9.66. The normalized spacial score (nSPS) is 28.7. The number of nitrogens with one attached hydrogen (secondary N) is 1. The van der Waals surface area contributed by atoms with Gasteiger partial charge < -0.3 is 15.3 Å². The quantitative estimate of drug-likeness (QED) is 0.701. The van der Waals surface area contributed by atoms with E-state index in [2.05, 4.69) is 31.1 Å². The minimum absolute atomic E-state index is 0.275. The molecule has 1 fully saturated rings. The van der Waals surface area contributed by atoms with Crippen molar-refractivity contribution < 1.29 is 5.11 Å². The fourth-order valence-electron chi connectivity index (χ4n) is 2.00. The van der Waals surface area contributed by atoms with Gasteiger partial charge in [-0.1, -0.05) is 6.92 Å². The lowest BCUT2D eigenvalue weighted by molar-refractivity contribution is 0.173. The number of rotatable bonds is 4. The summed E-state index contributed by atoms with van der Waals surface area (Å²) in [5, 5.41) is 12.6. The third-order valence-corrected chi connectivity index (χ3v) is 3.26. The Morgan fingerprint density at radius 2 is 2.21 bits per heavy atom. The molecule has 0 bridgehead atoms. The van der Waals surface area contributed by atoms with Crippen LogP contribution in [-0.4, -0.2) is 48.8 Å². The summed E-state index contributed by atoms with van der Waals surface area (Å²) < 4.78 is 0. The van der Waals surface area contributed by atoms with E-state index in [0.29, 0.717) is 18.0 Å². The number of piperidine rings is 1. The Hall–Kier alpha value is -0.120. The number of hydrogen-bond acceptors (Lipinski definition) is 3. The van der Waals surface area contributed by atoms with Gasteiger partial charge in [-0.3, -0.25) is 0 Å². The summed E-state index contributed by atoms with van der Waals surface area (Å²) in [6.07, 6.45) is 2.56. The number of likely N-dealkylation sites (N-methyl/N-ethyl adjacent to an activating group) is 1. The first kappa shape index (κ1) is 12.0. The molecular formula is C11H24N2O. The maximum Gasteiger partial charge on any atom is 0.0471 e. The average Bonchev–Trinajstić information content (AvgIpc) is 2.16. The summed E-state index contributed by atoms with van der Waals surface area (Å²) in [5.74, 6) is 0.349. The highest BCUT2D eigenvalue weighted by Crippen LogP contribution is 2.10. The molecule has 1 aliphatic heterocycles. The van der Waals surface area contributed by atoms with E-state index < -0.39 is 0 Å². The van der Waals surface area contributed by atoms with Crippen LogP contribution in [0.25, 0.3) is 0 Å². The molecule has 1 heterocycles. The molecule has 1 aliphatic rings. The Morgan fingerprint density at radius 3 is 2.79 bits per heavy atom. The molecule has 1 rings (SSSR count). The maximum absolute atomic E-state index is 9.04. The number of likely N-dealkylation sites (tertiary alicyclic amines) is 1.